The number of nitrogens with one attached hydrogen (secondary N) is 1. The molecule has 0 saturated carbocycles. The van der Waals surface area contributed by atoms with Crippen LogP contribution in [0.15, 0.2) is 23.1 Å². The number of halogens is 2. The number of carbonyl (C=O) groups is 1. The highest BCUT2D eigenvalue weighted by Gasteiger charge is 2.25. The molecule has 0 aliphatic carbocycles. The van der Waals surface area contributed by atoms with Gasteiger partial charge in [0.15, 0.2) is 0 Å². The van der Waals surface area contributed by atoms with Gasteiger partial charge in [0, 0.05) is 21.9 Å². The van der Waals surface area contributed by atoms with Gasteiger partial charge in [0.2, 0.25) is 5.91 Å². The van der Waals surface area contributed by atoms with Gasteiger partial charge in [-0.15, -0.1) is 24.2 Å². The number of rotatable bonds is 5. The molecule has 3 N–H and O–H groups in total. The minimum Gasteiger partial charge on any atom is -0.348 e. The molecule has 1 aromatic carbocycles. The lowest BCUT2D eigenvalue weighted by molar-refractivity contribution is -0.123. The lowest BCUT2D eigenvalue weighted by Gasteiger charge is -2.27. The van der Waals surface area contributed by atoms with Gasteiger partial charge in [-0.05, 0) is 36.6 Å². The lowest BCUT2D eigenvalue weighted by atomic mass is 10.0. The van der Waals surface area contributed by atoms with E-state index in [1.165, 1.54) is 0 Å². The van der Waals surface area contributed by atoms with Crippen LogP contribution in [0.5, 0.6) is 0 Å². The summed E-state index contributed by atoms with van der Waals surface area (Å²) in [5.74, 6) is 0.481. The number of amides is 1. The molecule has 0 aromatic heterocycles. The molecular formula is C14H20Cl2N2O3S2. The number of hydrogen-bond donors (Lipinski definition) is 2. The third-order valence-electron chi connectivity index (χ3n) is 3.46. The molecule has 2 atom stereocenters. The Kier molecular flexibility index (Phi) is 7.67. The maximum atomic E-state index is 12.2. The van der Waals surface area contributed by atoms with Crippen molar-refractivity contribution >= 4 is 51.5 Å². The van der Waals surface area contributed by atoms with E-state index < -0.39 is 15.9 Å². The van der Waals surface area contributed by atoms with E-state index in [0.717, 1.165) is 28.9 Å². The Hall–Kier alpha value is -0.470. The van der Waals surface area contributed by atoms with Crippen LogP contribution in [0.2, 0.25) is 5.02 Å². The van der Waals surface area contributed by atoms with Crippen LogP contribution in [0.3, 0.4) is 0 Å². The molecule has 0 saturated heterocycles. The molecule has 1 aliphatic heterocycles. The summed E-state index contributed by atoms with van der Waals surface area (Å²) in [7, 11) is -3.12. The van der Waals surface area contributed by atoms with E-state index >= 15 is 0 Å². The maximum absolute atomic E-state index is 12.2. The number of benzene rings is 1. The van der Waals surface area contributed by atoms with Crippen LogP contribution in [-0.2, 0) is 14.6 Å². The average Bonchev–Trinajstić information content (AvgIpc) is 2.44. The molecule has 1 amide bonds. The SMILES string of the molecule is CS(=O)(=O)CCC(N)C(=O)NC1CCSc2ccc(Cl)cc21.Cl. The van der Waals surface area contributed by atoms with Crippen molar-refractivity contribution in [3.05, 3.63) is 28.8 Å². The van der Waals surface area contributed by atoms with Gasteiger partial charge in [-0.3, -0.25) is 4.79 Å². The van der Waals surface area contributed by atoms with E-state index in [2.05, 4.69) is 5.32 Å². The van der Waals surface area contributed by atoms with Gasteiger partial charge in [0.05, 0.1) is 17.8 Å². The normalized spacial score (nSPS) is 18.5. The van der Waals surface area contributed by atoms with Crippen molar-refractivity contribution in [3.63, 3.8) is 0 Å². The van der Waals surface area contributed by atoms with E-state index in [1.54, 1.807) is 11.8 Å². The standard InChI is InChI=1S/C14H19ClN2O3S2.ClH/c1-22(19,20)7-5-11(16)14(18)17-12-4-6-21-13-3-2-9(15)8-10(12)13;/h2-3,8,11-12H,4-7,16H2,1H3,(H,17,18);1H. The summed E-state index contributed by atoms with van der Waals surface area (Å²) >= 11 is 7.76. The molecule has 9 heteroatoms. The Bertz CT molecular complexity index is 668. The first-order chi connectivity index (χ1) is 10.3. The number of carbonyl (C=O) groups excluding carboxylic acids is 1. The van der Waals surface area contributed by atoms with Gasteiger partial charge in [-0.25, -0.2) is 8.42 Å². The second-order valence-corrected chi connectivity index (χ2v) is 9.24. The minimum atomic E-state index is -3.12. The van der Waals surface area contributed by atoms with Gasteiger partial charge in [-0.2, -0.15) is 0 Å². The van der Waals surface area contributed by atoms with Crippen molar-refractivity contribution in [1.82, 2.24) is 5.32 Å². The second kappa shape index (κ2) is 8.58. The van der Waals surface area contributed by atoms with Gasteiger partial charge >= 0.3 is 0 Å². The predicted molar refractivity (Wildman–Crippen MR) is 97.2 cm³/mol. The fourth-order valence-electron chi connectivity index (χ4n) is 2.27. The average molecular weight is 399 g/mol. The molecule has 5 nitrogen and oxygen atoms in total. The lowest BCUT2D eigenvalue weighted by Crippen LogP contribution is -2.43. The monoisotopic (exact) mass is 398 g/mol. The topological polar surface area (TPSA) is 89.3 Å². The summed E-state index contributed by atoms with van der Waals surface area (Å²) in [5, 5.41) is 3.53. The van der Waals surface area contributed by atoms with Crippen LogP contribution >= 0.6 is 35.8 Å². The number of nitrogens with two attached hydrogens (primary N) is 1. The minimum absolute atomic E-state index is 0. The van der Waals surface area contributed by atoms with Gasteiger partial charge in [0.25, 0.3) is 0 Å². The van der Waals surface area contributed by atoms with Gasteiger partial charge in [-0.1, -0.05) is 11.6 Å². The summed E-state index contributed by atoms with van der Waals surface area (Å²) < 4.78 is 22.3. The molecule has 130 valence electrons. The van der Waals surface area contributed by atoms with Crippen molar-refractivity contribution in [3.8, 4) is 0 Å². The molecule has 1 aliphatic rings. The van der Waals surface area contributed by atoms with Gasteiger partial charge in [0.1, 0.15) is 9.84 Å². The zero-order chi connectivity index (χ0) is 16.3. The third-order valence-corrected chi connectivity index (χ3v) is 5.80. The summed E-state index contributed by atoms with van der Waals surface area (Å²) in [6.07, 6.45) is 2.05. The smallest absolute Gasteiger partial charge is 0.237 e. The van der Waals surface area contributed by atoms with Crippen molar-refractivity contribution in [1.29, 1.82) is 0 Å². The molecule has 23 heavy (non-hydrogen) atoms. The van der Waals surface area contributed by atoms with E-state index in [9.17, 15) is 13.2 Å². The highest BCUT2D eigenvalue weighted by atomic mass is 35.5. The first kappa shape index (κ1) is 20.6. The summed E-state index contributed by atoms with van der Waals surface area (Å²) in [6.45, 7) is 0. The van der Waals surface area contributed by atoms with E-state index in [0.29, 0.717) is 5.02 Å². The zero-order valence-corrected chi connectivity index (χ0v) is 15.8. The van der Waals surface area contributed by atoms with Crippen molar-refractivity contribution < 1.29 is 13.2 Å². The number of sulfone groups is 1. The van der Waals surface area contributed by atoms with Crippen molar-refractivity contribution in [2.75, 3.05) is 17.8 Å². The molecule has 0 fully saturated rings. The van der Waals surface area contributed by atoms with Crippen molar-refractivity contribution in [2.24, 2.45) is 5.73 Å². The Labute approximate surface area is 152 Å². The molecular weight excluding hydrogens is 379 g/mol. The van der Waals surface area contributed by atoms with Crippen LogP contribution in [-0.4, -0.2) is 38.1 Å². The summed E-state index contributed by atoms with van der Waals surface area (Å²) in [4.78, 5) is 13.3. The summed E-state index contributed by atoms with van der Waals surface area (Å²) in [5.41, 5.74) is 6.78. The largest absolute Gasteiger partial charge is 0.348 e. The molecule has 1 aromatic rings. The van der Waals surface area contributed by atoms with Crippen LogP contribution in [0, 0.1) is 0 Å². The van der Waals surface area contributed by atoms with Crippen molar-refractivity contribution in [2.45, 2.75) is 29.8 Å². The molecule has 0 radical (unpaired) electrons. The van der Waals surface area contributed by atoms with Gasteiger partial charge < -0.3 is 11.1 Å². The summed E-state index contributed by atoms with van der Waals surface area (Å²) in [6, 6.07) is 4.68. The van der Waals surface area contributed by atoms with Crippen LogP contribution in [0.4, 0.5) is 0 Å². The number of thioether (sulfide) groups is 1. The predicted octanol–water partition coefficient (Wildman–Crippen LogP) is 2.18. The Morgan fingerprint density at radius 2 is 2.22 bits per heavy atom. The Morgan fingerprint density at radius 1 is 1.52 bits per heavy atom. The van der Waals surface area contributed by atoms with Crippen LogP contribution in [0.25, 0.3) is 0 Å². The maximum Gasteiger partial charge on any atom is 0.237 e. The fraction of sp³-hybridized carbons (Fsp3) is 0.500. The molecule has 2 unspecified atom stereocenters. The van der Waals surface area contributed by atoms with E-state index in [4.69, 9.17) is 17.3 Å². The molecule has 0 spiro atoms. The second-order valence-electron chi connectivity index (χ2n) is 5.41. The molecule has 1 heterocycles. The first-order valence-corrected chi connectivity index (χ1v) is 10.3. The Balaban J connectivity index is 0.00000264. The number of fused-ring (bicyclic) bond motifs is 1. The third kappa shape index (κ3) is 6.15. The zero-order valence-electron chi connectivity index (χ0n) is 12.6. The first-order valence-electron chi connectivity index (χ1n) is 6.92. The van der Waals surface area contributed by atoms with Crippen LogP contribution in [0.1, 0.15) is 24.4 Å². The molecule has 0 bridgehead atoms. The van der Waals surface area contributed by atoms with E-state index in [-0.39, 0.29) is 36.5 Å². The highest BCUT2D eigenvalue weighted by Crippen LogP contribution is 2.37. The quantitative estimate of drug-likeness (QED) is 0.792. The van der Waals surface area contributed by atoms with E-state index in [1.807, 2.05) is 18.2 Å². The van der Waals surface area contributed by atoms with Crippen LogP contribution < -0.4 is 11.1 Å². The highest BCUT2D eigenvalue weighted by molar-refractivity contribution is 7.99. The number of hydrogen-bond acceptors (Lipinski definition) is 5. The Morgan fingerprint density at radius 3 is 2.87 bits per heavy atom. The fourth-order valence-corrected chi connectivity index (χ4v) is 4.23. The molecule has 2 rings (SSSR count).